The Morgan fingerprint density at radius 2 is 1.71 bits per heavy atom. The Hall–Kier alpha value is -1.88. The van der Waals surface area contributed by atoms with E-state index in [0.717, 1.165) is 14.2 Å². The highest BCUT2D eigenvalue weighted by atomic mass is 32.2. The molecule has 0 aliphatic carbocycles. The van der Waals surface area contributed by atoms with Crippen LogP contribution in [0.5, 0.6) is 0 Å². The van der Waals surface area contributed by atoms with Gasteiger partial charge < -0.3 is 19.5 Å². The van der Waals surface area contributed by atoms with Crippen LogP contribution in [0.2, 0.25) is 0 Å². The number of ether oxygens (including phenoxy) is 3. The summed E-state index contributed by atoms with van der Waals surface area (Å²) in [6.45, 7) is 4.37. The SMILES string of the molecule is COC(=O)C(COC(=O)CCS(=O)(=O)OC)NC(=O)OC(C)(C)C. The minimum absolute atomic E-state index is 0.462. The van der Waals surface area contributed by atoms with Crippen molar-refractivity contribution in [2.75, 3.05) is 26.6 Å². The first-order valence-electron chi connectivity index (χ1n) is 6.91. The number of methoxy groups -OCH3 is 1. The Bertz CT molecular complexity index is 550. The van der Waals surface area contributed by atoms with E-state index in [4.69, 9.17) is 9.47 Å². The topological polar surface area (TPSA) is 134 Å². The fraction of sp³-hybridized carbons (Fsp3) is 0.769. The Morgan fingerprint density at radius 3 is 2.17 bits per heavy atom. The van der Waals surface area contributed by atoms with Gasteiger partial charge in [-0.1, -0.05) is 0 Å². The summed E-state index contributed by atoms with van der Waals surface area (Å²) in [5.74, 6) is -2.29. The lowest BCUT2D eigenvalue weighted by Crippen LogP contribution is -2.47. The highest BCUT2D eigenvalue weighted by Crippen LogP contribution is 2.07. The van der Waals surface area contributed by atoms with E-state index in [9.17, 15) is 22.8 Å². The minimum Gasteiger partial charge on any atom is -0.467 e. The first-order valence-corrected chi connectivity index (χ1v) is 8.49. The lowest BCUT2D eigenvalue weighted by Gasteiger charge is -2.22. The molecule has 0 radical (unpaired) electrons. The van der Waals surface area contributed by atoms with Gasteiger partial charge in [0.1, 0.15) is 12.2 Å². The summed E-state index contributed by atoms with van der Waals surface area (Å²) in [5, 5.41) is 2.21. The van der Waals surface area contributed by atoms with Crippen molar-refractivity contribution in [3.63, 3.8) is 0 Å². The molecule has 0 aromatic rings. The van der Waals surface area contributed by atoms with Crippen LogP contribution in [0.25, 0.3) is 0 Å². The number of hydrogen-bond donors (Lipinski definition) is 1. The predicted molar refractivity (Wildman–Crippen MR) is 81.5 cm³/mol. The van der Waals surface area contributed by atoms with E-state index in [-0.39, 0.29) is 0 Å². The zero-order valence-corrected chi connectivity index (χ0v) is 15.1. The maximum absolute atomic E-state index is 11.7. The number of amides is 1. The highest BCUT2D eigenvalue weighted by Gasteiger charge is 2.26. The van der Waals surface area contributed by atoms with Crippen LogP contribution in [-0.4, -0.2) is 64.7 Å². The average Bonchev–Trinajstić information content (AvgIpc) is 2.46. The molecule has 0 saturated carbocycles. The standard InChI is InChI=1S/C13H23NO9S/c1-13(2,3)23-12(17)14-9(11(16)20-4)8-22-10(15)6-7-24(18,19)21-5/h9H,6-8H2,1-5H3,(H,14,17). The monoisotopic (exact) mass is 369 g/mol. The van der Waals surface area contributed by atoms with Gasteiger partial charge in [-0.3, -0.25) is 8.98 Å². The number of nitrogens with one attached hydrogen (secondary N) is 1. The average molecular weight is 369 g/mol. The van der Waals surface area contributed by atoms with Crippen molar-refractivity contribution in [1.29, 1.82) is 0 Å². The Kier molecular flexibility index (Phi) is 8.69. The summed E-state index contributed by atoms with van der Waals surface area (Å²) < 4.78 is 40.6. The van der Waals surface area contributed by atoms with Crippen LogP contribution in [0.4, 0.5) is 4.79 Å². The molecule has 0 spiro atoms. The first-order chi connectivity index (χ1) is 10.9. The van der Waals surface area contributed by atoms with Gasteiger partial charge in [-0.2, -0.15) is 8.42 Å². The van der Waals surface area contributed by atoms with E-state index in [1.807, 2.05) is 0 Å². The van der Waals surface area contributed by atoms with Gasteiger partial charge in [0.25, 0.3) is 10.1 Å². The summed E-state index contributed by atoms with van der Waals surface area (Å²) in [7, 11) is -1.73. The van der Waals surface area contributed by atoms with Crippen LogP contribution in [0.1, 0.15) is 27.2 Å². The second kappa shape index (κ2) is 9.42. The number of carbonyl (C=O) groups excluding carboxylic acids is 3. The first kappa shape index (κ1) is 22.1. The lowest BCUT2D eigenvalue weighted by molar-refractivity contribution is -0.150. The van der Waals surface area contributed by atoms with Gasteiger partial charge in [0, 0.05) is 0 Å². The number of rotatable bonds is 8. The van der Waals surface area contributed by atoms with Crippen LogP contribution >= 0.6 is 0 Å². The van der Waals surface area contributed by atoms with Gasteiger partial charge in [0.05, 0.1) is 26.4 Å². The van der Waals surface area contributed by atoms with E-state index in [0.29, 0.717) is 0 Å². The van der Waals surface area contributed by atoms with Gasteiger partial charge in [0.2, 0.25) is 0 Å². The molecule has 0 saturated heterocycles. The third-order valence-corrected chi connectivity index (χ3v) is 3.61. The molecule has 10 nitrogen and oxygen atoms in total. The third kappa shape index (κ3) is 10.0. The van der Waals surface area contributed by atoms with E-state index in [2.05, 4.69) is 14.2 Å². The summed E-state index contributed by atoms with van der Waals surface area (Å²) in [6.07, 6.45) is -1.35. The van der Waals surface area contributed by atoms with Crippen molar-refractivity contribution in [3.8, 4) is 0 Å². The molecule has 0 aliphatic heterocycles. The zero-order chi connectivity index (χ0) is 19.0. The van der Waals surface area contributed by atoms with E-state index in [1.54, 1.807) is 20.8 Å². The van der Waals surface area contributed by atoms with E-state index >= 15 is 0 Å². The third-order valence-electron chi connectivity index (χ3n) is 2.40. The predicted octanol–water partition coefficient (Wildman–Crippen LogP) is -0.0378. The van der Waals surface area contributed by atoms with Crippen molar-refractivity contribution >= 4 is 28.1 Å². The molecule has 0 heterocycles. The number of esters is 2. The summed E-state index contributed by atoms with van der Waals surface area (Å²) in [5.41, 5.74) is -0.782. The lowest BCUT2D eigenvalue weighted by atomic mass is 10.2. The maximum Gasteiger partial charge on any atom is 0.408 e. The molecular formula is C13H23NO9S. The van der Waals surface area contributed by atoms with Gasteiger partial charge in [-0.05, 0) is 20.8 Å². The second-order valence-corrected chi connectivity index (χ2v) is 7.44. The van der Waals surface area contributed by atoms with Crippen molar-refractivity contribution in [1.82, 2.24) is 5.32 Å². The van der Waals surface area contributed by atoms with Crippen LogP contribution in [-0.2, 0) is 38.1 Å². The van der Waals surface area contributed by atoms with Crippen molar-refractivity contribution < 1.29 is 41.2 Å². The quantitative estimate of drug-likeness (QED) is 0.355. The van der Waals surface area contributed by atoms with Gasteiger partial charge in [-0.15, -0.1) is 0 Å². The van der Waals surface area contributed by atoms with E-state index in [1.165, 1.54) is 0 Å². The van der Waals surface area contributed by atoms with Crippen LogP contribution in [0, 0.1) is 0 Å². The summed E-state index contributed by atoms with van der Waals surface area (Å²) in [6, 6.07) is -1.28. The minimum atomic E-state index is -3.80. The molecule has 0 fully saturated rings. The molecule has 1 amide bonds. The molecule has 0 rings (SSSR count). The highest BCUT2D eigenvalue weighted by molar-refractivity contribution is 7.86. The molecule has 140 valence electrons. The molecule has 1 N–H and O–H groups in total. The Balaban J connectivity index is 4.57. The maximum atomic E-state index is 11.7. The van der Waals surface area contributed by atoms with Crippen LogP contribution in [0.15, 0.2) is 0 Å². The number of hydrogen-bond acceptors (Lipinski definition) is 9. The van der Waals surface area contributed by atoms with Crippen LogP contribution < -0.4 is 5.32 Å². The Morgan fingerprint density at radius 1 is 1.12 bits per heavy atom. The molecule has 0 bridgehead atoms. The molecule has 11 heteroatoms. The fourth-order valence-corrected chi connectivity index (χ4v) is 1.88. The molecule has 24 heavy (non-hydrogen) atoms. The molecular weight excluding hydrogens is 346 g/mol. The Labute approximate surface area is 140 Å². The largest absolute Gasteiger partial charge is 0.467 e. The van der Waals surface area contributed by atoms with Gasteiger partial charge in [0.15, 0.2) is 6.04 Å². The normalized spacial score (nSPS) is 12.9. The smallest absolute Gasteiger partial charge is 0.408 e. The second-order valence-electron chi connectivity index (χ2n) is 5.58. The van der Waals surface area contributed by atoms with Gasteiger partial charge in [-0.25, -0.2) is 9.59 Å². The molecule has 0 aliphatic rings. The van der Waals surface area contributed by atoms with Crippen molar-refractivity contribution in [3.05, 3.63) is 0 Å². The van der Waals surface area contributed by atoms with Crippen molar-refractivity contribution in [2.24, 2.45) is 0 Å². The molecule has 1 unspecified atom stereocenters. The number of alkyl carbamates (subject to hydrolysis) is 1. The molecule has 1 atom stereocenters. The summed E-state index contributed by atoms with van der Waals surface area (Å²) in [4.78, 5) is 34.7. The summed E-state index contributed by atoms with van der Waals surface area (Å²) >= 11 is 0. The number of carbonyl (C=O) groups is 3. The molecule has 0 aromatic carbocycles. The van der Waals surface area contributed by atoms with E-state index < -0.39 is 58.6 Å². The van der Waals surface area contributed by atoms with Crippen LogP contribution in [0.3, 0.4) is 0 Å². The fourth-order valence-electron chi connectivity index (χ4n) is 1.30. The molecule has 0 aromatic heterocycles. The van der Waals surface area contributed by atoms with Gasteiger partial charge >= 0.3 is 18.0 Å². The zero-order valence-electron chi connectivity index (χ0n) is 14.3. The van der Waals surface area contributed by atoms with Crippen molar-refractivity contribution in [2.45, 2.75) is 38.8 Å².